The number of nitrogens with one attached hydrogen (secondary N) is 3. The second-order valence-corrected chi connectivity index (χ2v) is 8.95. The highest BCUT2D eigenvalue weighted by atomic mass is 16.5. The third-order valence-corrected chi connectivity index (χ3v) is 5.80. The van der Waals surface area contributed by atoms with Crippen LogP contribution in [0.15, 0.2) is 48.8 Å². The van der Waals surface area contributed by atoms with E-state index in [2.05, 4.69) is 20.9 Å². The molecule has 0 radical (unpaired) electrons. The molecule has 0 saturated carbocycles. The van der Waals surface area contributed by atoms with E-state index >= 15 is 0 Å². The van der Waals surface area contributed by atoms with Crippen LogP contribution < -0.4 is 16.0 Å². The maximum atomic E-state index is 13.1. The zero-order valence-electron chi connectivity index (χ0n) is 20.1. The molecule has 3 rings (SSSR count). The molecule has 1 aromatic carbocycles. The maximum Gasteiger partial charge on any atom is 0.408 e. The molecule has 9 nitrogen and oxygen atoms in total. The van der Waals surface area contributed by atoms with Crippen LogP contribution in [0.1, 0.15) is 43.4 Å². The highest BCUT2D eigenvalue weighted by molar-refractivity contribution is 6.38. The number of rotatable bonds is 6. The fraction of sp³-hybridized carbons (Fsp3) is 0.423. The van der Waals surface area contributed by atoms with E-state index in [1.54, 1.807) is 26.2 Å². The van der Waals surface area contributed by atoms with Crippen LogP contribution in [0.5, 0.6) is 0 Å². The zero-order valence-corrected chi connectivity index (χ0v) is 20.1. The number of carbonyl (C=O) groups is 4. The number of pyridine rings is 1. The van der Waals surface area contributed by atoms with Crippen molar-refractivity contribution in [1.82, 2.24) is 20.9 Å². The minimum Gasteiger partial charge on any atom is -0.445 e. The third kappa shape index (κ3) is 7.91. The van der Waals surface area contributed by atoms with Crippen LogP contribution in [0.3, 0.4) is 0 Å². The number of Topliss-reactive ketones (excluding diaryl/α,β-unsaturated/α-hetero) is 1. The summed E-state index contributed by atoms with van der Waals surface area (Å²) in [6.45, 7) is 3.91. The summed E-state index contributed by atoms with van der Waals surface area (Å²) in [5.74, 6) is -2.26. The van der Waals surface area contributed by atoms with Crippen molar-refractivity contribution in [2.45, 2.75) is 58.2 Å². The summed E-state index contributed by atoms with van der Waals surface area (Å²) in [5.41, 5.74) is 2.85. The highest BCUT2D eigenvalue weighted by Crippen LogP contribution is 2.12. The van der Waals surface area contributed by atoms with Crippen LogP contribution in [0.4, 0.5) is 4.79 Å². The molecule has 3 amide bonds. The van der Waals surface area contributed by atoms with Gasteiger partial charge in [-0.1, -0.05) is 50.2 Å². The number of hydrogen-bond acceptors (Lipinski definition) is 6. The first kappa shape index (κ1) is 25.9. The van der Waals surface area contributed by atoms with E-state index in [1.165, 1.54) is 0 Å². The summed E-state index contributed by atoms with van der Waals surface area (Å²) in [4.78, 5) is 54.9. The standard InChI is InChI=1S/C26H32N4O5/c1-17(2)22(30-26(34)35-16-18-7-4-3-5-8-18)24(32)29-21-10-6-9-19-13-20(15-27-14-19)11-12-28-25(33)23(21)31/h3-5,7-8,13-15,17,21-22H,6,9-12,16H2,1-2H3,(H,28,33)(H,29,32)(H,30,34). The Hall–Kier alpha value is -3.75. The van der Waals surface area contributed by atoms with Crippen LogP contribution in [0, 0.1) is 5.92 Å². The van der Waals surface area contributed by atoms with Crippen molar-refractivity contribution < 1.29 is 23.9 Å². The normalized spacial score (nSPS) is 17.4. The topological polar surface area (TPSA) is 126 Å². The number of carbonyl (C=O) groups excluding carboxylic acids is 4. The molecule has 2 heterocycles. The molecule has 3 N–H and O–H groups in total. The maximum absolute atomic E-state index is 13.1. The molecule has 2 aromatic rings. The molecule has 1 aromatic heterocycles. The molecule has 0 saturated heterocycles. The number of hydrogen-bond donors (Lipinski definition) is 3. The lowest BCUT2D eigenvalue weighted by molar-refractivity contribution is -0.140. The minimum absolute atomic E-state index is 0.0659. The van der Waals surface area contributed by atoms with E-state index < -0.39 is 35.8 Å². The van der Waals surface area contributed by atoms with Crippen molar-refractivity contribution in [1.29, 1.82) is 0 Å². The van der Waals surface area contributed by atoms with Crippen molar-refractivity contribution in [3.63, 3.8) is 0 Å². The summed E-state index contributed by atoms with van der Waals surface area (Å²) >= 11 is 0. The fourth-order valence-electron chi connectivity index (χ4n) is 3.85. The highest BCUT2D eigenvalue weighted by Gasteiger charge is 2.31. The largest absolute Gasteiger partial charge is 0.445 e. The molecule has 0 spiro atoms. The van der Waals surface area contributed by atoms with Gasteiger partial charge in [0, 0.05) is 18.9 Å². The van der Waals surface area contributed by atoms with Gasteiger partial charge in [0.1, 0.15) is 12.6 Å². The lowest BCUT2D eigenvalue weighted by Crippen LogP contribution is -2.55. The SMILES string of the molecule is CC(C)C(NC(=O)OCc1ccccc1)C(=O)NC1CCCc2cncc(c2)CCNC(=O)C1=O. The number of aromatic nitrogens is 1. The number of amides is 3. The number of ketones is 1. The molecule has 2 unspecified atom stereocenters. The molecule has 0 fully saturated rings. The van der Waals surface area contributed by atoms with Gasteiger partial charge >= 0.3 is 6.09 Å². The van der Waals surface area contributed by atoms with Crippen molar-refractivity contribution in [3.8, 4) is 0 Å². The Morgan fingerprint density at radius 3 is 2.54 bits per heavy atom. The van der Waals surface area contributed by atoms with Gasteiger partial charge in [0.2, 0.25) is 11.7 Å². The number of nitrogens with zero attached hydrogens (tertiary/aromatic N) is 1. The Morgan fingerprint density at radius 2 is 1.83 bits per heavy atom. The monoisotopic (exact) mass is 480 g/mol. The smallest absolute Gasteiger partial charge is 0.408 e. The zero-order chi connectivity index (χ0) is 25.2. The van der Waals surface area contributed by atoms with Crippen LogP contribution in [0.2, 0.25) is 0 Å². The second kappa shape index (κ2) is 12.6. The van der Waals surface area contributed by atoms with Gasteiger partial charge in [0.25, 0.3) is 5.91 Å². The number of aryl methyl sites for hydroxylation is 1. The second-order valence-electron chi connectivity index (χ2n) is 8.95. The number of fused-ring (bicyclic) bond motifs is 2. The number of benzene rings is 1. The molecule has 35 heavy (non-hydrogen) atoms. The minimum atomic E-state index is -0.999. The molecule has 186 valence electrons. The Bertz CT molecular complexity index is 1040. The average molecular weight is 481 g/mol. The lowest BCUT2D eigenvalue weighted by Gasteiger charge is -2.25. The van der Waals surface area contributed by atoms with Crippen molar-refractivity contribution in [2.24, 2.45) is 5.92 Å². The first-order valence-electron chi connectivity index (χ1n) is 11.9. The van der Waals surface area contributed by atoms with E-state index in [1.807, 2.05) is 36.4 Å². The quantitative estimate of drug-likeness (QED) is 0.544. The van der Waals surface area contributed by atoms with Gasteiger partial charge in [0.15, 0.2) is 0 Å². The van der Waals surface area contributed by atoms with Gasteiger partial charge in [-0.15, -0.1) is 0 Å². The first-order valence-corrected chi connectivity index (χ1v) is 11.9. The predicted octanol–water partition coefficient (Wildman–Crippen LogP) is 2.08. The Balaban J connectivity index is 1.63. The molecule has 9 heteroatoms. The van der Waals surface area contributed by atoms with Gasteiger partial charge in [-0.2, -0.15) is 0 Å². The first-order chi connectivity index (χ1) is 16.8. The average Bonchev–Trinajstić information content (AvgIpc) is 2.85. The molecule has 2 bridgehead atoms. The van der Waals surface area contributed by atoms with E-state index in [0.29, 0.717) is 25.8 Å². The van der Waals surface area contributed by atoms with Crippen LogP contribution in [0.25, 0.3) is 0 Å². The molecule has 1 aliphatic heterocycles. The van der Waals surface area contributed by atoms with E-state index in [9.17, 15) is 19.2 Å². The predicted molar refractivity (Wildman–Crippen MR) is 129 cm³/mol. The molecule has 1 aliphatic rings. The van der Waals surface area contributed by atoms with Crippen LogP contribution in [-0.4, -0.2) is 47.3 Å². The van der Waals surface area contributed by atoms with Gasteiger partial charge in [-0.3, -0.25) is 19.4 Å². The van der Waals surface area contributed by atoms with E-state index in [0.717, 1.165) is 16.7 Å². The van der Waals surface area contributed by atoms with Crippen molar-refractivity contribution in [2.75, 3.05) is 6.54 Å². The lowest BCUT2D eigenvalue weighted by atomic mass is 9.98. The van der Waals surface area contributed by atoms with Crippen LogP contribution in [-0.2, 0) is 38.6 Å². The molecular formula is C26H32N4O5. The van der Waals surface area contributed by atoms with Gasteiger partial charge in [0.05, 0.1) is 6.04 Å². The van der Waals surface area contributed by atoms with E-state index in [4.69, 9.17) is 4.74 Å². The van der Waals surface area contributed by atoms with Crippen molar-refractivity contribution >= 4 is 23.7 Å². The van der Waals surface area contributed by atoms with E-state index in [-0.39, 0.29) is 18.9 Å². The summed E-state index contributed by atoms with van der Waals surface area (Å²) in [6.07, 6.45) is 4.87. The number of ether oxygens (including phenoxy) is 1. The Labute approximate surface area is 205 Å². The molecular weight excluding hydrogens is 448 g/mol. The Kier molecular flexibility index (Phi) is 9.34. The summed E-state index contributed by atoms with van der Waals surface area (Å²) in [6, 6.07) is 9.29. The summed E-state index contributed by atoms with van der Waals surface area (Å²) in [7, 11) is 0. The molecule has 2 atom stereocenters. The van der Waals surface area contributed by atoms with Gasteiger partial charge in [-0.05, 0) is 48.3 Å². The number of alkyl carbamates (subject to hydrolysis) is 1. The van der Waals surface area contributed by atoms with Crippen molar-refractivity contribution in [3.05, 3.63) is 65.5 Å². The third-order valence-electron chi connectivity index (χ3n) is 5.80. The molecule has 0 aliphatic carbocycles. The Morgan fingerprint density at radius 1 is 1.11 bits per heavy atom. The van der Waals surface area contributed by atoms with Crippen LogP contribution >= 0.6 is 0 Å². The fourth-order valence-corrected chi connectivity index (χ4v) is 3.85. The van der Waals surface area contributed by atoms with Gasteiger partial charge < -0.3 is 20.7 Å². The van der Waals surface area contributed by atoms with Gasteiger partial charge in [-0.25, -0.2) is 4.79 Å². The summed E-state index contributed by atoms with van der Waals surface area (Å²) in [5, 5.41) is 7.89. The summed E-state index contributed by atoms with van der Waals surface area (Å²) < 4.78 is 5.23.